The normalized spacial score (nSPS) is 26.0. The molecule has 1 fully saturated rings. The van der Waals surface area contributed by atoms with E-state index in [0.29, 0.717) is 6.61 Å². The molecule has 0 amide bonds. The summed E-state index contributed by atoms with van der Waals surface area (Å²) in [6.07, 6.45) is 0.582. The minimum Gasteiger partial charge on any atom is -0.372 e. The minimum atomic E-state index is -0.264. The SMILES string of the molecule is N#CC1CCOC1c1ccc(F)cc1. The predicted octanol–water partition coefficient (Wildman–Crippen LogP) is 2.43. The van der Waals surface area contributed by atoms with Gasteiger partial charge in [0.1, 0.15) is 5.82 Å². The van der Waals surface area contributed by atoms with Crippen LogP contribution in [0.3, 0.4) is 0 Å². The number of ether oxygens (including phenoxy) is 1. The summed E-state index contributed by atoms with van der Waals surface area (Å²) < 4.78 is 18.1. The maximum atomic E-state index is 12.6. The number of nitrogens with zero attached hydrogens (tertiary/aromatic N) is 1. The van der Waals surface area contributed by atoms with Gasteiger partial charge in [-0.1, -0.05) is 12.1 Å². The van der Waals surface area contributed by atoms with Crippen LogP contribution in [0.5, 0.6) is 0 Å². The Bertz CT molecular complexity index is 355. The molecule has 0 bridgehead atoms. The number of halogens is 1. The van der Waals surface area contributed by atoms with E-state index in [2.05, 4.69) is 6.07 Å². The van der Waals surface area contributed by atoms with Crippen LogP contribution in [-0.4, -0.2) is 6.61 Å². The standard InChI is InChI=1S/C11H10FNO/c12-10-3-1-8(2-4-10)11-9(7-13)5-6-14-11/h1-4,9,11H,5-6H2. The van der Waals surface area contributed by atoms with Crippen LogP contribution in [0, 0.1) is 23.1 Å². The molecule has 1 heterocycles. The highest BCUT2D eigenvalue weighted by molar-refractivity contribution is 5.21. The molecule has 0 aromatic heterocycles. The van der Waals surface area contributed by atoms with Crippen LogP contribution in [0.25, 0.3) is 0 Å². The van der Waals surface area contributed by atoms with E-state index in [1.165, 1.54) is 12.1 Å². The van der Waals surface area contributed by atoms with Crippen LogP contribution >= 0.6 is 0 Å². The fourth-order valence-corrected chi connectivity index (χ4v) is 1.70. The highest BCUT2D eigenvalue weighted by Gasteiger charge is 2.29. The Balaban J connectivity index is 2.23. The highest BCUT2D eigenvalue weighted by Crippen LogP contribution is 2.33. The molecule has 1 aliphatic rings. The first-order chi connectivity index (χ1) is 6.81. The molecule has 0 spiro atoms. The summed E-state index contributed by atoms with van der Waals surface area (Å²) in [6.45, 7) is 0.611. The van der Waals surface area contributed by atoms with Crippen LogP contribution in [-0.2, 0) is 4.74 Å². The summed E-state index contributed by atoms with van der Waals surface area (Å²) in [5.41, 5.74) is 0.885. The van der Waals surface area contributed by atoms with E-state index in [1.54, 1.807) is 12.1 Å². The fraction of sp³-hybridized carbons (Fsp3) is 0.364. The van der Waals surface area contributed by atoms with E-state index in [9.17, 15) is 4.39 Å². The van der Waals surface area contributed by atoms with Crippen LogP contribution in [0.2, 0.25) is 0 Å². The van der Waals surface area contributed by atoms with Crippen LogP contribution in [0.1, 0.15) is 18.1 Å². The van der Waals surface area contributed by atoms with Gasteiger partial charge in [0.15, 0.2) is 0 Å². The Labute approximate surface area is 81.9 Å². The van der Waals surface area contributed by atoms with Gasteiger partial charge in [-0.2, -0.15) is 5.26 Å². The quantitative estimate of drug-likeness (QED) is 0.683. The number of nitriles is 1. The predicted molar refractivity (Wildman–Crippen MR) is 48.8 cm³/mol. The smallest absolute Gasteiger partial charge is 0.123 e. The monoisotopic (exact) mass is 191 g/mol. The van der Waals surface area contributed by atoms with E-state index < -0.39 is 0 Å². The molecule has 2 nitrogen and oxygen atoms in total. The van der Waals surface area contributed by atoms with Gasteiger partial charge in [0.25, 0.3) is 0 Å². The van der Waals surface area contributed by atoms with Gasteiger partial charge in [-0.25, -0.2) is 4.39 Å². The minimum absolute atomic E-state index is 0.0968. The third kappa shape index (κ3) is 1.61. The number of hydrogen-bond acceptors (Lipinski definition) is 2. The molecule has 0 N–H and O–H groups in total. The summed E-state index contributed by atoms with van der Waals surface area (Å²) in [7, 11) is 0. The fourth-order valence-electron chi connectivity index (χ4n) is 1.70. The number of rotatable bonds is 1. The van der Waals surface area contributed by atoms with Crippen molar-refractivity contribution in [3.05, 3.63) is 35.6 Å². The van der Waals surface area contributed by atoms with Gasteiger partial charge in [-0.3, -0.25) is 0 Å². The molecule has 0 aliphatic carbocycles. The summed E-state index contributed by atoms with van der Waals surface area (Å²) in [5, 5.41) is 8.85. The van der Waals surface area contributed by atoms with Gasteiger partial charge < -0.3 is 4.74 Å². The second-order valence-corrected chi connectivity index (χ2v) is 3.37. The molecular formula is C11H10FNO. The van der Waals surface area contributed by atoms with E-state index in [-0.39, 0.29) is 17.8 Å². The van der Waals surface area contributed by atoms with Crippen LogP contribution in [0.15, 0.2) is 24.3 Å². The molecule has 14 heavy (non-hydrogen) atoms. The van der Waals surface area contributed by atoms with Crippen molar-refractivity contribution in [2.75, 3.05) is 6.61 Å². The first-order valence-electron chi connectivity index (χ1n) is 4.58. The van der Waals surface area contributed by atoms with Gasteiger partial charge in [-0.15, -0.1) is 0 Å². The summed E-state index contributed by atoms with van der Waals surface area (Å²) in [6, 6.07) is 8.35. The zero-order valence-electron chi connectivity index (χ0n) is 7.61. The number of hydrogen-bond donors (Lipinski definition) is 0. The molecule has 0 saturated carbocycles. The van der Waals surface area contributed by atoms with Crippen LogP contribution in [0.4, 0.5) is 4.39 Å². The Kier molecular flexibility index (Phi) is 2.47. The van der Waals surface area contributed by atoms with Crippen molar-refractivity contribution in [1.82, 2.24) is 0 Å². The van der Waals surface area contributed by atoms with Crippen molar-refractivity contribution in [3.8, 4) is 6.07 Å². The van der Waals surface area contributed by atoms with Crippen molar-refractivity contribution in [3.63, 3.8) is 0 Å². The Morgan fingerprint density at radius 3 is 2.71 bits per heavy atom. The first kappa shape index (κ1) is 9.17. The van der Waals surface area contributed by atoms with E-state index in [0.717, 1.165) is 12.0 Å². The largest absolute Gasteiger partial charge is 0.372 e. The number of benzene rings is 1. The van der Waals surface area contributed by atoms with Gasteiger partial charge in [-0.05, 0) is 24.1 Å². The molecule has 3 heteroatoms. The molecule has 2 unspecified atom stereocenters. The average Bonchev–Trinajstić information content (AvgIpc) is 2.67. The molecule has 1 aromatic rings. The van der Waals surface area contributed by atoms with E-state index in [4.69, 9.17) is 10.00 Å². The molecular weight excluding hydrogens is 181 g/mol. The van der Waals surface area contributed by atoms with Crippen LogP contribution < -0.4 is 0 Å². The highest BCUT2D eigenvalue weighted by atomic mass is 19.1. The van der Waals surface area contributed by atoms with Crippen molar-refractivity contribution in [2.24, 2.45) is 5.92 Å². The zero-order chi connectivity index (χ0) is 9.97. The Morgan fingerprint density at radius 1 is 1.36 bits per heavy atom. The lowest BCUT2D eigenvalue weighted by Crippen LogP contribution is -2.05. The third-order valence-electron chi connectivity index (χ3n) is 2.46. The maximum absolute atomic E-state index is 12.6. The van der Waals surface area contributed by atoms with Crippen molar-refractivity contribution < 1.29 is 9.13 Å². The topological polar surface area (TPSA) is 33.0 Å². The average molecular weight is 191 g/mol. The van der Waals surface area contributed by atoms with Gasteiger partial charge in [0, 0.05) is 6.61 Å². The maximum Gasteiger partial charge on any atom is 0.123 e. The second kappa shape index (κ2) is 3.77. The summed E-state index contributed by atoms with van der Waals surface area (Å²) in [5.74, 6) is -0.360. The molecule has 2 rings (SSSR count). The molecule has 1 saturated heterocycles. The second-order valence-electron chi connectivity index (χ2n) is 3.37. The summed E-state index contributed by atoms with van der Waals surface area (Å²) in [4.78, 5) is 0. The Hall–Kier alpha value is -1.40. The Morgan fingerprint density at radius 2 is 2.07 bits per heavy atom. The van der Waals surface area contributed by atoms with Gasteiger partial charge in [0.2, 0.25) is 0 Å². The molecule has 2 atom stereocenters. The first-order valence-corrected chi connectivity index (χ1v) is 4.58. The van der Waals surface area contributed by atoms with E-state index >= 15 is 0 Å². The lowest BCUT2D eigenvalue weighted by Gasteiger charge is -2.12. The summed E-state index contributed by atoms with van der Waals surface area (Å²) >= 11 is 0. The van der Waals surface area contributed by atoms with Gasteiger partial charge in [0.05, 0.1) is 18.1 Å². The molecule has 1 aromatic carbocycles. The molecule has 72 valence electrons. The lowest BCUT2D eigenvalue weighted by molar-refractivity contribution is 0.101. The van der Waals surface area contributed by atoms with Crippen molar-refractivity contribution in [1.29, 1.82) is 5.26 Å². The van der Waals surface area contributed by atoms with E-state index in [1.807, 2.05) is 0 Å². The third-order valence-corrected chi connectivity index (χ3v) is 2.46. The van der Waals surface area contributed by atoms with Crippen molar-refractivity contribution in [2.45, 2.75) is 12.5 Å². The van der Waals surface area contributed by atoms with Gasteiger partial charge >= 0.3 is 0 Å². The zero-order valence-corrected chi connectivity index (χ0v) is 7.61. The molecule has 0 radical (unpaired) electrons. The lowest BCUT2D eigenvalue weighted by atomic mass is 9.97. The molecule has 1 aliphatic heterocycles. The van der Waals surface area contributed by atoms with Crippen molar-refractivity contribution >= 4 is 0 Å².